The molecule has 0 fully saturated rings. The fourth-order valence-corrected chi connectivity index (χ4v) is 5.87. The van der Waals surface area contributed by atoms with Gasteiger partial charge in [-0.25, -0.2) is 17.2 Å². The minimum atomic E-state index is -4.61. The first kappa shape index (κ1) is 23.3. The number of hydrogen-bond donors (Lipinski definition) is 3. The Bertz CT molecular complexity index is 1380. The molecule has 6 nitrogen and oxygen atoms in total. The van der Waals surface area contributed by atoms with Gasteiger partial charge in [-0.05, 0) is 29.8 Å². The third kappa shape index (κ3) is 4.64. The van der Waals surface area contributed by atoms with Crippen LogP contribution < -0.4 is 10.0 Å². The van der Waals surface area contributed by atoms with Gasteiger partial charge in [0, 0.05) is 33.9 Å². The smallest absolute Gasteiger partial charge is 0.265 e. The third-order valence-electron chi connectivity index (χ3n) is 4.94. The molecule has 4 bridgehead atoms. The van der Waals surface area contributed by atoms with Crippen molar-refractivity contribution in [1.29, 1.82) is 0 Å². The van der Waals surface area contributed by atoms with Crippen LogP contribution >= 0.6 is 23.4 Å². The molecular formula is C22H17ClF2N2O4S2. The number of rotatable bonds is 0. The first-order chi connectivity index (χ1) is 15.6. The van der Waals surface area contributed by atoms with Crippen LogP contribution in [0.4, 0.5) is 14.5 Å². The van der Waals surface area contributed by atoms with E-state index in [0.29, 0.717) is 16.5 Å². The predicted octanol–water partition coefficient (Wildman–Crippen LogP) is 5.02. The predicted molar refractivity (Wildman–Crippen MR) is 123 cm³/mol. The van der Waals surface area contributed by atoms with Gasteiger partial charge in [0.25, 0.3) is 15.9 Å². The van der Waals surface area contributed by atoms with Crippen LogP contribution in [0.1, 0.15) is 17.3 Å². The second-order valence-electron chi connectivity index (χ2n) is 7.36. The molecule has 0 saturated carbocycles. The van der Waals surface area contributed by atoms with Crippen LogP contribution in [0.15, 0.2) is 58.3 Å². The molecule has 0 aromatic heterocycles. The van der Waals surface area contributed by atoms with Crippen LogP contribution in [0.5, 0.6) is 5.75 Å². The van der Waals surface area contributed by atoms with Crippen molar-refractivity contribution in [3.05, 3.63) is 70.8 Å². The van der Waals surface area contributed by atoms with Gasteiger partial charge in [0.1, 0.15) is 16.5 Å². The van der Waals surface area contributed by atoms with Crippen LogP contribution in [0, 0.1) is 11.6 Å². The van der Waals surface area contributed by atoms with E-state index >= 15 is 0 Å². The van der Waals surface area contributed by atoms with Gasteiger partial charge in [0.05, 0.1) is 10.7 Å². The maximum atomic E-state index is 14.8. The zero-order chi connectivity index (χ0) is 23.9. The number of nitrogens with one attached hydrogen (secondary N) is 2. The Morgan fingerprint density at radius 2 is 1.82 bits per heavy atom. The number of fused-ring (bicyclic) bond motifs is 6. The Morgan fingerprint density at radius 1 is 1.09 bits per heavy atom. The molecule has 3 aromatic carbocycles. The molecule has 0 saturated heterocycles. The monoisotopic (exact) mass is 510 g/mol. The Labute approximate surface area is 198 Å². The highest BCUT2D eigenvalue weighted by atomic mass is 35.5. The van der Waals surface area contributed by atoms with E-state index in [2.05, 4.69) is 5.32 Å². The Morgan fingerprint density at radius 3 is 2.58 bits per heavy atom. The summed E-state index contributed by atoms with van der Waals surface area (Å²) in [5.74, 6) is -3.44. The van der Waals surface area contributed by atoms with E-state index < -0.39 is 43.9 Å². The van der Waals surface area contributed by atoms with Crippen molar-refractivity contribution in [2.45, 2.75) is 22.0 Å². The average Bonchev–Trinajstić information content (AvgIpc) is 2.75. The number of phenolic OH excluding ortho intramolecular Hbond substituents is 1. The highest BCUT2D eigenvalue weighted by Crippen LogP contribution is 2.38. The number of hydrogen-bond acceptors (Lipinski definition) is 5. The summed E-state index contributed by atoms with van der Waals surface area (Å²) in [5.41, 5.74) is -0.218. The average molecular weight is 511 g/mol. The van der Waals surface area contributed by atoms with Crippen molar-refractivity contribution in [2.24, 2.45) is 0 Å². The van der Waals surface area contributed by atoms with E-state index in [1.807, 2.05) is 11.6 Å². The Hall–Kier alpha value is -2.82. The molecule has 0 aliphatic carbocycles. The zero-order valence-corrected chi connectivity index (χ0v) is 19.4. The minimum absolute atomic E-state index is 0.0145. The van der Waals surface area contributed by atoms with Gasteiger partial charge in [-0.2, -0.15) is 0 Å². The summed E-state index contributed by atoms with van der Waals surface area (Å²) in [7, 11) is -4.61. The summed E-state index contributed by atoms with van der Waals surface area (Å²) in [6.45, 7) is 2.06. The van der Waals surface area contributed by atoms with Gasteiger partial charge in [-0.3, -0.25) is 9.52 Å². The highest BCUT2D eigenvalue weighted by Gasteiger charge is 2.26. The zero-order valence-electron chi connectivity index (χ0n) is 17.0. The molecular weight excluding hydrogens is 494 g/mol. The molecule has 0 radical (unpaired) electrons. The van der Waals surface area contributed by atoms with Gasteiger partial charge in [-0.1, -0.05) is 36.7 Å². The first-order valence-electron chi connectivity index (χ1n) is 9.65. The lowest BCUT2D eigenvalue weighted by atomic mass is 10.0. The summed E-state index contributed by atoms with van der Waals surface area (Å²) in [4.78, 5) is 12.6. The van der Waals surface area contributed by atoms with E-state index in [0.717, 1.165) is 18.2 Å². The topological polar surface area (TPSA) is 95.5 Å². The number of carbonyl (C=O) groups excluding carboxylic acids is 1. The molecule has 0 spiro atoms. The second kappa shape index (κ2) is 8.85. The molecule has 172 valence electrons. The largest absolute Gasteiger partial charge is 0.505 e. The van der Waals surface area contributed by atoms with E-state index in [1.165, 1.54) is 11.8 Å². The number of benzene rings is 3. The normalized spacial score (nSPS) is 17.7. The lowest BCUT2D eigenvalue weighted by Gasteiger charge is -2.16. The van der Waals surface area contributed by atoms with Crippen molar-refractivity contribution < 1.29 is 27.1 Å². The minimum Gasteiger partial charge on any atom is -0.505 e. The Balaban J connectivity index is 1.96. The second-order valence-corrected chi connectivity index (χ2v) is 10.9. The lowest BCUT2D eigenvalue weighted by Crippen LogP contribution is -2.29. The Kier molecular flexibility index (Phi) is 6.26. The number of amides is 1. The molecule has 4 rings (SSSR count). The van der Waals surface area contributed by atoms with Crippen molar-refractivity contribution in [3.63, 3.8) is 0 Å². The van der Waals surface area contributed by atoms with Crippen LogP contribution in [0.25, 0.3) is 11.1 Å². The number of carbonyl (C=O) groups is 1. The van der Waals surface area contributed by atoms with Crippen LogP contribution in [-0.2, 0) is 10.0 Å². The van der Waals surface area contributed by atoms with Crippen molar-refractivity contribution in [2.75, 3.05) is 11.3 Å². The third-order valence-corrected chi connectivity index (χ3v) is 7.78. The summed E-state index contributed by atoms with van der Waals surface area (Å²) in [6, 6.07) is 10.5. The van der Waals surface area contributed by atoms with E-state index in [-0.39, 0.29) is 27.9 Å². The summed E-state index contributed by atoms with van der Waals surface area (Å²) >= 11 is 7.33. The summed E-state index contributed by atoms with van der Waals surface area (Å²) in [6.07, 6.45) is 0. The number of halogens is 3. The van der Waals surface area contributed by atoms with Crippen LogP contribution in [0.2, 0.25) is 5.02 Å². The maximum Gasteiger partial charge on any atom is 0.265 e. The van der Waals surface area contributed by atoms with Crippen LogP contribution in [-0.4, -0.2) is 31.2 Å². The van der Waals surface area contributed by atoms with Gasteiger partial charge < -0.3 is 10.4 Å². The number of phenols is 1. The van der Waals surface area contributed by atoms with Gasteiger partial charge >= 0.3 is 0 Å². The first-order valence-corrected chi connectivity index (χ1v) is 12.4. The highest BCUT2D eigenvalue weighted by molar-refractivity contribution is 8.00. The maximum absolute atomic E-state index is 14.8. The molecule has 1 aliphatic rings. The lowest BCUT2D eigenvalue weighted by molar-refractivity contribution is 0.0954. The van der Waals surface area contributed by atoms with Crippen molar-refractivity contribution >= 4 is 45.0 Å². The van der Waals surface area contributed by atoms with Crippen molar-refractivity contribution in [3.8, 4) is 16.9 Å². The molecule has 0 unspecified atom stereocenters. The molecule has 1 aliphatic heterocycles. The number of sulfonamides is 1. The van der Waals surface area contributed by atoms with Crippen molar-refractivity contribution in [1.82, 2.24) is 5.32 Å². The van der Waals surface area contributed by atoms with Gasteiger partial charge in [0.2, 0.25) is 0 Å². The summed E-state index contributed by atoms with van der Waals surface area (Å²) < 4.78 is 57.4. The standard InChI is InChI=1S/C22H17ClF2N2O4S2/c1-11-10-26-22(29)12-6-15(23)21(28)20(7-12)33(30,31)27-18-8-14(16(24)9-17(18)25)13-4-2-3-5-19(13)32-11/h2-9,11,27-28H,10H2,1H3,(H,26,29)/t11-/m0/s1. The fraction of sp³-hybridized carbons (Fsp3) is 0.136. The van der Waals surface area contributed by atoms with Gasteiger partial charge in [0.15, 0.2) is 5.75 Å². The fourth-order valence-electron chi connectivity index (χ4n) is 3.33. The van der Waals surface area contributed by atoms with E-state index in [1.54, 1.807) is 24.3 Å². The molecule has 3 N–H and O–H groups in total. The van der Waals surface area contributed by atoms with Gasteiger partial charge in [-0.15, -0.1) is 11.8 Å². The SMILES string of the molecule is C[C@H]1CNC(=O)c2cc(Cl)c(O)c(c2)S(=O)(=O)Nc2cc(c(F)cc2F)-c2ccccc2S1. The molecule has 33 heavy (non-hydrogen) atoms. The molecule has 1 amide bonds. The summed E-state index contributed by atoms with van der Waals surface area (Å²) in [5, 5.41) is 12.4. The number of anilines is 1. The molecule has 3 aromatic rings. The number of thioether (sulfide) groups is 1. The molecule has 1 atom stereocenters. The van der Waals surface area contributed by atoms with E-state index in [4.69, 9.17) is 11.6 Å². The van der Waals surface area contributed by atoms with E-state index in [9.17, 15) is 27.1 Å². The molecule has 1 heterocycles. The quantitative estimate of drug-likeness (QED) is 0.395. The van der Waals surface area contributed by atoms with Crippen LogP contribution in [0.3, 0.4) is 0 Å². The number of aromatic hydroxyl groups is 1. The molecule has 11 heteroatoms.